The summed E-state index contributed by atoms with van der Waals surface area (Å²) in [4.78, 5) is 4.14. The number of anilines is 2. The lowest BCUT2D eigenvalue weighted by Gasteiger charge is -2.26. The number of nitrogens with one attached hydrogen (secondary N) is 1. The number of rotatable bonds is 7. The first kappa shape index (κ1) is 25.4. The molecule has 32 heavy (non-hydrogen) atoms. The van der Waals surface area contributed by atoms with Crippen LogP contribution in [0.3, 0.4) is 0 Å². The molecule has 0 radical (unpaired) electrons. The maximum absolute atomic E-state index is 9.65. The van der Waals surface area contributed by atoms with Crippen LogP contribution >= 0.6 is 11.3 Å². The predicted octanol–water partition coefficient (Wildman–Crippen LogP) is 8.02. The van der Waals surface area contributed by atoms with Gasteiger partial charge in [0.1, 0.15) is 18.4 Å². The normalized spacial score (nSPS) is 11.3. The summed E-state index contributed by atoms with van der Waals surface area (Å²) < 4.78 is 3.04. The van der Waals surface area contributed by atoms with Crippen molar-refractivity contribution in [1.82, 2.24) is 14.8 Å². The van der Waals surface area contributed by atoms with E-state index < -0.39 is 0 Å². The Bertz CT molecular complexity index is 1040. The van der Waals surface area contributed by atoms with Crippen molar-refractivity contribution in [2.45, 2.75) is 60.4 Å². The smallest absolute Gasteiger partial charge is 0.137 e. The predicted molar refractivity (Wildman–Crippen MR) is 138 cm³/mol. The molecule has 1 unspecified atom stereocenters. The van der Waals surface area contributed by atoms with Gasteiger partial charge in [0.15, 0.2) is 0 Å². The Balaban J connectivity index is 0.000000860. The van der Waals surface area contributed by atoms with Crippen molar-refractivity contribution in [2.75, 3.05) is 5.32 Å². The number of fused-ring (bicyclic) bond motifs is 1. The highest BCUT2D eigenvalue weighted by atomic mass is 32.1. The summed E-state index contributed by atoms with van der Waals surface area (Å²) in [5, 5.41) is 19.7. The molecule has 0 amide bonds. The van der Waals surface area contributed by atoms with Gasteiger partial charge >= 0.3 is 0 Å². The first-order valence-corrected chi connectivity index (χ1v) is 12.4. The van der Waals surface area contributed by atoms with E-state index in [-0.39, 0.29) is 6.04 Å². The minimum absolute atomic E-state index is 0.193. The largest absolute Gasteiger partial charge is 0.508 e. The number of hydrogen-bond acceptors (Lipinski definition) is 5. The van der Waals surface area contributed by atoms with Crippen LogP contribution in [-0.2, 0) is 0 Å². The fourth-order valence-electron chi connectivity index (χ4n) is 3.72. The number of nitrogens with zero attached hydrogens (tertiary/aromatic N) is 3. The van der Waals surface area contributed by atoms with Crippen molar-refractivity contribution in [3.63, 3.8) is 0 Å². The van der Waals surface area contributed by atoms with E-state index in [9.17, 15) is 5.11 Å². The van der Waals surface area contributed by atoms with Crippen LogP contribution < -0.4 is 5.32 Å². The molecule has 2 N–H and O–H groups in total. The van der Waals surface area contributed by atoms with Crippen LogP contribution in [0, 0.1) is 5.92 Å². The van der Waals surface area contributed by atoms with E-state index in [4.69, 9.17) is 0 Å². The first-order valence-electron chi connectivity index (χ1n) is 11.6. The Labute approximate surface area is 196 Å². The highest BCUT2D eigenvalue weighted by Gasteiger charge is 2.23. The molecule has 2 heterocycles. The van der Waals surface area contributed by atoms with Gasteiger partial charge in [0, 0.05) is 10.4 Å². The molecule has 172 valence electrons. The lowest BCUT2D eigenvalue weighted by molar-refractivity contribution is 0.332. The SMILES string of the molecule is CC.CC.CCC(CC)C(c1ccc(Nc2cc3ccc(O)cc3s2)cc1)n1cncn1. The minimum atomic E-state index is 0.193. The Morgan fingerprint density at radius 3 is 2.25 bits per heavy atom. The molecular formula is C26H36N4OS. The lowest BCUT2D eigenvalue weighted by atomic mass is 9.89. The summed E-state index contributed by atoms with van der Waals surface area (Å²) in [6.07, 6.45) is 5.59. The van der Waals surface area contributed by atoms with E-state index in [0.29, 0.717) is 11.7 Å². The molecular weight excluding hydrogens is 416 g/mol. The topological polar surface area (TPSA) is 63.0 Å². The third-order valence-corrected chi connectivity index (χ3v) is 6.25. The maximum atomic E-state index is 9.65. The molecule has 0 saturated carbocycles. The van der Waals surface area contributed by atoms with Crippen LogP contribution in [0.5, 0.6) is 5.75 Å². The molecule has 0 aliphatic heterocycles. The quantitative estimate of drug-likeness (QED) is 0.298. The molecule has 0 aliphatic carbocycles. The molecule has 0 aliphatic rings. The van der Waals surface area contributed by atoms with Crippen molar-refractivity contribution >= 4 is 32.1 Å². The second kappa shape index (κ2) is 12.9. The Morgan fingerprint density at radius 2 is 1.66 bits per heavy atom. The van der Waals surface area contributed by atoms with Crippen molar-refractivity contribution in [3.05, 3.63) is 66.7 Å². The number of hydrogen-bond donors (Lipinski definition) is 2. The zero-order valence-electron chi connectivity index (χ0n) is 20.0. The summed E-state index contributed by atoms with van der Waals surface area (Å²) in [6, 6.07) is 16.3. The van der Waals surface area contributed by atoms with Crippen LogP contribution in [0.2, 0.25) is 0 Å². The van der Waals surface area contributed by atoms with E-state index in [2.05, 4.69) is 59.6 Å². The molecule has 4 rings (SSSR count). The maximum Gasteiger partial charge on any atom is 0.137 e. The lowest BCUT2D eigenvalue weighted by Crippen LogP contribution is -2.20. The Morgan fingerprint density at radius 1 is 0.969 bits per heavy atom. The molecule has 6 heteroatoms. The molecule has 0 saturated heterocycles. The van der Waals surface area contributed by atoms with Crippen LogP contribution in [0.1, 0.15) is 66.0 Å². The second-order valence-electron chi connectivity index (χ2n) is 6.98. The molecule has 0 spiro atoms. The zero-order valence-corrected chi connectivity index (χ0v) is 20.9. The van der Waals surface area contributed by atoms with E-state index in [1.165, 1.54) is 5.56 Å². The first-order chi connectivity index (χ1) is 15.7. The number of benzene rings is 2. The van der Waals surface area contributed by atoms with Crippen molar-refractivity contribution in [1.29, 1.82) is 0 Å². The highest BCUT2D eigenvalue weighted by molar-refractivity contribution is 7.22. The third-order valence-electron chi connectivity index (χ3n) is 5.24. The number of thiophene rings is 1. The zero-order chi connectivity index (χ0) is 23.5. The number of phenols is 1. The number of phenolic OH excluding ortho intramolecular Hbond substituents is 1. The monoisotopic (exact) mass is 452 g/mol. The second-order valence-corrected chi connectivity index (χ2v) is 8.06. The van der Waals surface area contributed by atoms with Crippen molar-refractivity contribution < 1.29 is 5.11 Å². The fourth-order valence-corrected chi connectivity index (χ4v) is 4.74. The standard InChI is InChI=1S/C22H24N4OS.2C2H6/c1-3-15(4-2)22(26-14-23-13-24-26)16-5-8-18(9-6-16)25-21-11-17-7-10-19(27)12-20(17)28-21;2*1-2/h5-15,22,25,27H,3-4H2,1-2H3;2*1-2H3. The van der Waals surface area contributed by atoms with E-state index >= 15 is 0 Å². The van der Waals surface area contributed by atoms with Gasteiger partial charge in [-0.25, -0.2) is 9.67 Å². The van der Waals surface area contributed by atoms with Gasteiger partial charge in [-0.15, -0.1) is 11.3 Å². The van der Waals surface area contributed by atoms with Crippen LogP contribution in [0.15, 0.2) is 61.2 Å². The van der Waals surface area contributed by atoms with E-state index in [0.717, 1.165) is 33.6 Å². The van der Waals surface area contributed by atoms with E-state index in [1.54, 1.807) is 29.8 Å². The Kier molecular flexibility index (Phi) is 10.2. The summed E-state index contributed by atoms with van der Waals surface area (Å²) >= 11 is 1.63. The fraction of sp³-hybridized carbons (Fsp3) is 0.385. The molecule has 1 atom stereocenters. The summed E-state index contributed by atoms with van der Waals surface area (Å²) in [6.45, 7) is 12.5. The average Bonchev–Trinajstić information content (AvgIpc) is 3.50. The van der Waals surface area contributed by atoms with Crippen LogP contribution in [0.4, 0.5) is 10.7 Å². The average molecular weight is 453 g/mol. The van der Waals surface area contributed by atoms with Gasteiger partial charge in [-0.1, -0.05) is 66.5 Å². The van der Waals surface area contributed by atoms with Gasteiger partial charge in [0.05, 0.1) is 11.0 Å². The minimum Gasteiger partial charge on any atom is -0.508 e. The van der Waals surface area contributed by atoms with Gasteiger partial charge in [-0.2, -0.15) is 5.10 Å². The summed E-state index contributed by atoms with van der Waals surface area (Å²) in [5.41, 5.74) is 2.28. The van der Waals surface area contributed by atoms with Gasteiger partial charge in [0.25, 0.3) is 0 Å². The molecule has 4 aromatic rings. The van der Waals surface area contributed by atoms with Crippen LogP contribution in [-0.4, -0.2) is 19.9 Å². The molecule has 0 fully saturated rings. The van der Waals surface area contributed by atoms with Crippen molar-refractivity contribution in [3.8, 4) is 5.75 Å². The summed E-state index contributed by atoms with van der Waals surface area (Å²) in [7, 11) is 0. The molecule has 2 aromatic carbocycles. The Hall–Kier alpha value is -2.86. The van der Waals surface area contributed by atoms with Gasteiger partial charge in [-0.05, 0) is 53.3 Å². The van der Waals surface area contributed by atoms with Gasteiger partial charge in [-0.3, -0.25) is 0 Å². The number of aromatic nitrogens is 3. The molecule has 0 bridgehead atoms. The van der Waals surface area contributed by atoms with Crippen LogP contribution in [0.25, 0.3) is 10.1 Å². The third kappa shape index (κ3) is 6.10. The highest BCUT2D eigenvalue weighted by Crippen LogP contribution is 2.35. The number of aromatic hydroxyl groups is 1. The van der Waals surface area contributed by atoms with Crippen molar-refractivity contribution in [2.24, 2.45) is 5.92 Å². The summed E-state index contributed by atoms with van der Waals surface area (Å²) in [5.74, 6) is 0.807. The molecule has 2 aromatic heterocycles. The van der Waals surface area contributed by atoms with Gasteiger partial charge < -0.3 is 10.4 Å². The van der Waals surface area contributed by atoms with Gasteiger partial charge in [0.2, 0.25) is 0 Å². The van der Waals surface area contributed by atoms with E-state index in [1.807, 2.05) is 44.8 Å². The molecule has 5 nitrogen and oxygen atoms in total.